The first kappa shape index (κ1) is 13.0. The summed E-state index contributed by atoms with van der Waals surface area (Å²) in [5.74, 6) is 5.53. The Hall–Kier alpha value is -2.45. The molecule has 0 aliphatic heterocycles. The Morgan fingerprint density at radius 3 is 2.89 bits per heavy atom. The van der Waals surface area contributed by atoms with Gasteiger partial charge in [-0.3, -0.25) is 15.1 Å². The number of benzene rings is 1. The molecule has 98 valence electrons. The van der Waals surface area contributed by atoms with E-state index in [1.54, 1.807) is 0 Å². The number of halogens is 1. The molecule has 0 aliphatic carbocycles. The molecule has 3 N–H and O–H groups in total. The molecule has 1 aromatic heterocycles. The summed E-state index contributed by atoms with van der Waals surface area (Å²) in [6.45, 7) is 0. The van der Waals surface area contributed by atoms with Crippen LogP contribution in [0.15, 0.2) is 30.6 Å². The molecule has 0 atom stereocenters. The van der Waals surface area contributed by atoms with E-state index in [-0.39, 0.29) is 28.2 Å². The highest BCUT2D eigenvalue weighted by molar-refractivity contribution is 6.30. The number of hydrazine groups is 1. The Morgan fingerprint density at radius 2 is 2.21 bits per heavy atom. The highest BCUT2D eigenvalue weighted by atomic mass is 35.5. The van der Waals surface area contributed by atoms with Gasteiger partial charge in [0, 0.05) is 11.1 Å². The van der Waals surface area contributed by atoms with Crippen molar-refractivity contribution in [1.82, 2.24) is 9.97 Å². The molecule has 0 bridgehead atoms. The fraction of sp³-hybridized carbons (Fsp3) is 0. The molecule has 8 nitrogen and oxygen atoms in total. The smallest absolute Gasteiger partial charge is 0.313 e. The van der Waals surface area contributed by atoms with E-state index < -0.39 is 4.92 Å². The van der Waals surface area contributed by atoms with Gasteiger partial charge in [0.15, 0.2) is 5.82 Å². The third kappa shape index (κ3) is 3.06. The molecule has 2 aromatic rings. The first-order valence-electron chi connectivity index (χ1n) is 5.00. The minimum absolute atomic E-state index is 0.0119. The van der Waals surface area contributed by atoms with Gasteiger partial charge in [0.05, 0.1) is 17.3 Å². The molecule has 0 saturated heterocycles. The number of aromatic nitrogens is 2. The van der Waals surface area contributed by atoms with Gasteiger partial charge >= 0.3 is 5.69 Å². The van der Waals surface area contributed by atoms with E-state index >= 15 is 0 Å². The van der Waals surface area contributed by atoms with Gasteiger partial charge in [-0.25, -0.2) is 5.84 Å². The van der Waals surface area contributed by atoms with Crippen LogP contribution in [-0.2, 0) is 0 Å². The first-order valence-corrected chi connectivity index (χ1v) is 5.38. The number of nitro groups is 1. The average Bonchev–Trinajstić information content (AvgIpc) is 2.41. The van der Waals surface area contributed by atoms with Crippen molar-refractivity contribution in [2.45, 2.75) is 0 Å². The van der Waals surface area contributed by atoms with Crippen LogP contribution in [0.25, 0.3) is 0 Å². The van der Waals surface area contributed by atoms with Gasteiger partial charge in [0.25, 0.3) is 0 Å². The summed E-state index contributed by atoms with van der Waals surface area (Å²) in [7, 11) is 0. The molecule has 0 saturated carbocycles. The Bertz CT molecular complexity index is 622. The molecule has 0 aliphatic rings. The van der Waals surface area contributed by atoms with Crippen molar-refractivity contribution >= 4 is 23.1 Å². The van der Waals surface area contributed by atoms with E-state index in [1.807, 2.05) is 0 Å². The molecule has 1 heterocycles. The standard InChI is InChI=1S/C10H8ClN5O3/c11-6-1-2-8(7(3-6)16(17)18)19-10-5-13-4-9(14-10)15-12/h1-5H,12H2,(H,14,15). The van der Waals surface area contributed by atoms with Crippen molar-refractivity contribution in [2.75, 3.05) is 5.43 Å². The first-order chi connectivity index (χ1) is 9.10. The molecule has 9 heteroatoms. The third-order valence-electron chi connectivity index (χ3n) is 2.09. The second kappa shape index (κ2) is 5.46. The normalized spacial score (nSPS) is 10.0. The van der Waals surface area contributed by atoms with Crippen LogP contribution in [0.3, 0.4) is 0 Å². The lowest BCUT2D eigenvalue weighted by atomic mass is 10.3. The van der Waals surface area contributed by atoms with Crippen LogP contribution >= 0.6 is 11.6 Å². The van der Waals surface area contributed by atoms with E-state index in [0.717, 1.165) is 0 Å². The summed E-state index contributed by atoms with van der Waals surface area (Å²) in [5.41, 5.74) is 2.03. The van der Waals surface area contributed by atoms with Gasteiger partial charge in [-0.2, -0.15) is 4.98 Å². The van der Waals surface area contributed by atoms with Gasteiger partial charge < -0.3 is 10.2 Å². The molecule has 19 heavy (non-hydrogen) atoms. The van der Waals surface area contributed by atoms with Crippen LogP contribution in [0, 0.1) is 10.1 Å². The minimum Gasteiger partial charge on any atom is -0.430 e. The fourth-order valence-electron chi connectivity index (χ4n) is 1.30. The topological polar surface area (TPSA) is 116 Å². The maximum atomic E-state index is 10.9. The Morgan fingerprint density at radius 1 is 1.42 bits per heavy atom. The van der Waals surface area contributed by atoms with Crippen molar-refractivity contribution in [1.29, 1.82) is 0 Å². The number of ether oxygens (including phenoxy) is 1. The third-order valence-corrected chi connectivity index (χ3v) is 2.33. The number of anilines is 1. The number of nitrogens with two attached hydrogens (primary N) is 1. The lowest BCUT2D eigenvalue weighted by molar-refractivity contribution is -0.385. The van der Waals surface area contributed by atoms with Crippen molar-refractivity contribution in [2.24, 2.45) is 5.84 Å². The summed E-state index contributed by atoms with van der Waals surface area (Å²) in [5, 5.41) is 11.1. The SMILES string of the molecule is NNc1cncc(Oc2ccc(Cl)cc2[N+](=O)[O-])n1. The number of hydrogen-bond acceptors (Lipinski definition) is 7. The summed E-state index contributed by atoms with van der Waals surface area (Å²) in [6.07, 6.45) is 2.68. The minimum atomic E-state index is -0.598. The van der Waals surface area contributed by atoms with Gasteiger partial charge in [-0.15, -0.1) is 0 Å². The Kier molecular flexibility index (Phi) is 3.74. The number of nitro benzene ring substituents is 1. The summed E-state index contributed by atoms with van der Waals surface area (Å²) in [4.78, 5) is 18.0. The van der Waals surface area contributed by atoms with Crippen LogP contribution < -0.4 is 16.0 Å². The quantitative estimate of drug-likeness (QED) is 0.501. The van der Waals surface area contributed by atoms with Crippen LogP contribution in [0.2, 0.25) is 5.02 Å². The number of nitrogens with zero attached hydrogens (tertiary/aromatic N) is 3. The van der Waals surface area contributed by atoms with Crippen LogP contribution in [-0.4, -0.2) is 14.9 Å². The van der Waals surface area contributed by atoms with E-state index in [4.69, 9.17) is 22.2 Å². The highest BCUT2D eigenvalue weighted by Crippen LogP contribution is 2.32. The van der Waals surface area contributed by atoms with Crippen LogP contribution in [0.5, 0.6) is 11.6 Å². The van der Waals surface area contributed by atoms with Gasteiger partial charge in [0.2, 0.25) is 11.6 Å². The second-order valence-electron chi connectivity index (χ2n) is 3.36. The van der Waals surface area contributed by atoms with Crippen molar-refractivity contribution < 1.29 is 9.66 Å². The number of hydrogen-bond donors (Lipinski definition) is 2. The van der Waals surface area contributed by atoms with Crippen LogP contribution in [0.1, 0.15) is 0 Å². The monoisotopic (exact) mass is 281 g/mol. The van der Waals surface area contributed by atoms with E-state index in [0.29, 0.717) is 0 Å². The number of nitrogen functional groups attached to an aromatic ring is 1. The van der Waals surface area contributed by atoms with Crippen LogP contribution in [0.4, 0.5) is 11.5 Å². The Labute approximate surface area is 112 Å². The maximum absolute atomic E-state index is 10.9. The zero-order valence-corrected chi connectivity index (χ0v) is 10.2. The van der Waals surface area contributed by atoms with Gasteiger partial charge in [-0.05, 0) is 12.1 Å². The lowest BCUT2D eigenvalue weighted by Crippen LogP contribution is -2.09. The van der Waals surface area contributed by atoms with E-state index in [9.17, 15) is 10.1 Å². The predicted octanol–water partition coefficient (Wildman–Crippen LogP) is 2.12. The van der Waals surface area contributed by atoms with Crippen molar-refractivity contribution in [3.63, 3.8) is 0 Å². The Balaban J connectivity index is 2.34. The van der Waals surface area contributed by atoms with E-state index in [1.165, 1.54) is 30.6 Å². The molecule has 0 spiro atoms. The van der Waals surface area contributed by atoms with E-state index in [2.05, 4.69) is 15.4 Å². The number of nitrogens with one attached hydrogen (secondary N) is 1. The largest absolute Gasteiger partial charge is 0.430 e. The maximum Gasteiger partial charge on any atom is 0.313 e. The summed E-state index contributed by atoms with van der Waals surface area (Å²) in [6, 6.07) is 4.04. The lowest BCUT2D eigenvalue weighted by Gasteiger charge is -2.06. The molecular weight excluding hydrogens is 274 g/mol. The summed E-state index contributed by atoms with van der Waals surface area (Å²) < 4.78 is 5.30. The van der Waals surface area contributed by atoms with Gasteiger partial charge in [0.1, 0.15) is 0 Å². The zero-order chi connectivity index (χ0) is 13.8. The summed E-state index contributed by atoms with van der Waals surface area (Å²) >= 11 is 5.70. The molecule has 1 aromatic carbocycles. The average molecular weight is 282 g/mol. The number of rotatable bonds is 4. The zero-order valence-electron chi connectivity index (χ0n) is 9.41. The van der Waals surface area contributed by atoms with Gasteiger partial charge in [-0.1, -0.05) is 11.6 Å². The molecular formula is C10H8ClN5O3. The molecule has 2 rings (SSSR count). The highest BCUT2D eigenvalue weighted by Gasteiger charge is 2.17. The second-order valence-corrected chi connectivity index (χ2v) is 3.79. The van der Waals surface area contributed by atoms with Crippen molar-refractivity contribution in [3.05, 3.63) is 45.7 Å². The molecule has 0 fully saturated rings. The fourth-order valence-corrected chi connectivity index (χ4v) is 1.47. The molecule has 0 unspecified atom stereocenters. The predicted molar refractivity (Wildman–Crippen MR) is 68.0 cm³/mol. The molecule has 0 amide bonds. The molecule has 0 radical (unpaired) electrons. The van der Waals surface area contributed by atoms with Crippen molar-refractivity contribution in [3.8, 4) is 11.6 Å².